The second-order valence-corrected chi connectivity index (χ2v) is 17.9. The highest BCUT2D eigenvalue weighted by Crippen LogP contribution is 2.76. The Morgan fingerprint density at radius 2 is 1.70 bits per heavy atom. The fourth-order valence-electron chi connectivity index (χ4n) is 11.9. The normalized spacial score (nSPS) is 40.1. The summed E-state index contributed by atoms with van der Waals surface area (Å²) in [6.07, 6.45) is 8.91. The third kappa shape index (κ3) is 3.96. The average Bonchev–Trinajstić information content (AvgIpc) is 3.33. The second kappa shape index (κ2) is 9.62. The number of rotatable bonds is 3. The number of aromatic nitrogens is 2. The van der Waals surface area contributed by atoms with E-state index in [1.165, 1.54) is 24.0 Å². The molecule has 3 fully saturated rings. The summed E-state index contributed by atoms with van der Waals surface area (Å²) in [6.45, 7) is 17.5. The minimum Gasteiger partial charge on any atom is -0.460 e. The van der Waals surface area contributed by atoms with Crippen molar-refractivity contribution in [3.8, 4) is 0 Å². The topological polar surface area (TPSA) is 81.0 Å². The number of halogens is 1. The lowest BCUT2D eigenvalue weighted by atomic mass is 9.33. The molecule has 7 atom stereocenters. The van der Waals surface area contributed by atoms with E-state index in [1.54, 1.807) is 0 Å². The Kier molecular flexibility index (Phi) is 6.65. The van der Waals surface area contributed by atoms with Gasteiger partial charge >= 0.3 is 5.97 Å². The first kappa shape index (κ1) is 30.4. The molecule has 5 nitrogen and oxygen atoms in total. The number of esters is 1. The fraction of sp³-hybridized carbons (Fsp3) is 0.684. The molecule has 0 bridgehead atoms. The molecule has 44 heavy (non-hydrogen) atoms. The van der Waals surface area contributed by atoms with Crippen LogP contribution in [-0.2, 0) is 28.0 Å². The van der Waals surface area contributed by atoms with Crippen LogP contribution in [0.15, 0.2) is 40.9 Å². The summed E-state index contributed by atoms with van der Waals surface area (Å²) in [7, 11) is 0. The average molecular weight is 618 g/mol. The van der Waals surface area contributed by atoms with Crippen LogP contribution in [0.25, 0.3) is 0 Å². The zero-order valence-electron chi connectivity index (χ0n) is 27.9. The van der Waals surface area contributed by atoms with Crippen LogP contribution in [0, 0.1) is 44.8 Å². The number of fused-ring (bicyclic) bond motifs is 8. The van der Waals surface area contributed by atoms with Crippen LogP contribution >= 0.6 is 11.6 Å². The maximum Gasteiger partial charge on any atom is 0.313 e. The highest BCUT2D eigenvalue weighted by atomic mass is 35.5. The third-order valence-electron chi connectivity index (χ3n) is 14.5. The van der Waals surface area contributed by atoms with Crippen LogP contribution in [0.2, 0.25) is 0 Å². The van der Waals surface area contributed by atoms with Crippen molar-refractivity contribution in [2.24, 2.45) is 44.8 Å². The predicted octanol–water partition coefficient (Wildman–Crippen LogP) is 9.12. The van der Waals surface area contributed by atoms with E-state index in [9.17, 15) is 4.79 Å². The minimum absolute atomic E-state index is 0.0131. The van der Waals surface area contributed by atoms with E-state index < -0.39 is 5.41 Å². The Labute approximate surface area is 269 Å². The molecule has 5 aliphatic rings. The lowest BCUT2D eigenvalue weighted by molar-refractivity contribution is -0.182. The summed E-state index contributed by atoms with van der Waals surface area (Å²) in [5.41, 5.74) is 11.0. The Bertz CT molecular complexity index is 1530. The van der Waals surface area contributed by atoms with Crippen molar-refractivity contribution in [2.45, 2.75) is 118 Å². The van der Waals surface area contributed by atoms with Gasteiger partial charge in [0, 0.05) is 16.0 Å². The number of benzene rings is 1. The largest absolute Gasteiger partial charge is 0.460 e. The molecule has 6 heteroatoms. The Morgan fingerprint density at radius 3 is 2.43 bits per heavy atom. The number of H-pyrrole nitrogens is 1. The quantitative estimate of drug-likeness (QED) is 0.337. The predicted molar refractivity (Wildman–Crippen MR) is 177 cm³/mol. The molecular formula is C38H52ClN3O2. The number of nitrogens with two attached hydrogens (primary N) is 1. The molecular weight excluding hydrogens is 566 g/mol. The number of carbonyl (C=O) groups is 1. The summed E-state index contributed by atoms with van der Waals surface area (Å²) in [5, 5.41) is 8.89. The van der Waals surface area contributed by atoms with Gasteiger partial charge in [0.1, 0.15) is 12.4 Å². The summed E-state index contributed by atoms with van der Waals surface area (Å²) in [5.74, 6) is 1.75. The van der Waals surface area contributed by atoms with Gasteiger partial charge in [-0.1, -0.05) is 90.4 Å². The molecule has 5 aliphatic carbocycles. The SMILES string of the molecule is CC1(C)CC[C@]2(C(=O)OCc3ccccc3)CC[C@]3(C)C(=C(Cl)CC4[C@@]5(C)Cc6c(n[nH]c6N)C(C)(C)C5CC[C@]43C)C2C1. The monoisotopic (exact) mass is 617 g/mol. The van der Waals surface area contributed by atoms with Crippen molar-refractivity contribution in [2.75, 3.05) is 5.73 Å². The molecule has 238 valence electrons. The van der Waals surface area contributed by atoms with Crippen molar-refractivity contribution in [3.63, 3.8) is 0 Å². The number of ether oxygens (including phenoxy) is 1. The van der Waals surface area contributed by atoms with Crippen LogP contribution in [0.4, 0.5) is 5.82 Å². The molecule has 0 amide bonds. The van der Waals surface area contributed by atoms with E-state index in [0.717, 1.165) is 67.1 Å². The first-order chi connectivity index (χ1) is 20.6. The van der Waals surface area contributed by atoms with Gasteiger partial charge < -0.3 is 10.5 Å². The summed E-state index contributed by atoms with van der Waals surface area (Å²) in [6, 6.07) is 10.1. The number of nitrogens with zero attached hydrogens (tertiary/aromatic N) is 1. The van der Waals surface area contributed by atoms with Crippen molar-refractivity contribution in [1.29, 1.82) is 0 Å². The van der Waals surface area contributed by atoms with E-state index in [2.05, 4.69) is 53.6 Å². The van der Waals surface area contributed by atoms with Gasteiger partial charge in [-0.25, -0.2) is 0 Å². The standard InChI is InChI=1S/C38H52ClN3O2/c1-33(2)15-17-38(32(43)44-22-23-11-9-8-10-12-23)18-16-37(7)29(25(38)21-33)26(39)19-28-35(5)20-24-30(41-42-31(24)40)34(3,4)27(35)13-14-36(28,37)6/h8-12,25,27-28H,13-22H2,1-7H3,(H3,40,41,42)/t25?,27?,28?,35-,36+,37+,38-/m0/s1. The van der Waals surface area contributed by atoms with Gasteiger partial charge in [0.2, 0.25) is 0 Å². The Balaban J connectivity index is 1.30. The van der Waals surface area contributed by atoms with Crippen molar-refractivity contribution < 1.29 is 9.53 Å². The lowest BCUT2D eigenvalue weighted by Crippen LogP contribution is -2.65. The molecule has 1 heterocycles. The van der Waals surface area contributed by atoms with Gasteiger partial charge in [-0.3, -0.25) is 9.89 Å². The molecule has 7 rings (SSSR count). The van der Waals surface area contributed by atoms with Crippen LogP contribution < -0.4 is 5.73 Å². The number of aromatic amines is 1. The third-order valence-corrected chi connectivity index (χ3v) is 14.9. The molecule has 2 aromatic rings. The fourth-order valence-corrected chi connectivity index (χ4v) is 12.4. The highest BCUT2D eigenvalue weighted by Gasteiger charge is 2.70. The number of allylic oxidation sites excluding steroid dienone is 2. The molecule has 0 spiro atoms. The van der Waals surface area contributed by atoms with Crippen LogP contribution in [0.5, 0.6) is 0 Å². The van der Waals surface area contributed by atoms with Gasteiger partial charge in [0.05, 0.1) is 11.1 Å². The van der Waals surface area contributed by atoms with Crippen molar-refractivity contribution >= 4 is 23.4 Å². The first-order valence-electron chi connectivity index (χ1n) is 17.0. The van der Waals surface area contributed by atoms with E-state index in [-0.39, 0.29) is 39.0 Å². The minimum atomic E-state index is -0.503. The summed E-state index contributed by atoms with van der Waals surface area (Å²) >= 11 is 7.67. The Hall–Kier alpha value is -2.27. The highest BCUT2D eigenvalue weighted by molar-refractivity contribution is 6.30. The number of hydrogen-bond acceptors (Lipinski definition) is 4. The number of hydrogen-bond donors (Lipinski definition) is 2. The maximum absolute atomic E-state index is 14.3. The van der Waals surface area contributed by atoms with Gasteiger partial charge in [-0.05, 0) is 108 Å². The molecule has 0 aliphatic heterocycles. The lowest BCUT2D eigenvalue weighted by Gasteiger charge is -2.70. The van der Waals surface area contributed by atoms with E-state index in [1.807, 2.05) is 30.3 Å². The van der Waals surface area contributed by atoms with Gasteiger partial charge in [0.15, 0.2) is 0 Å². The van der Waals surface area contributed by atoms with Gasteiger partial charge in [-0.2, -0.15) is 5.10 Å². The van der Waals surface area contributed by atoms with Gasteiger partial charge in [-0.15, -0.1) is 0 Å². The van der Waals surface area contributed by atoms with E-state index in [0.29, 0.717) is 18.4 Å². The Morgan fingerprint density at radius 1 is 1.00 bits per heavy atom. The molecule has 1 aromatic heterocycles. The number of carbonyl (C=O) groups excluding carboxylic acids is 1. The molecule has 0 radical (unpaired) electrons. The molecule has 3 saturated carbocycles. The number of nitrogens with one attached hydrogen (secondary N) is 1. The molecule has 1 aromatic carbocycles. The van der Waals surface area contributed by atoms with Crippen LogP contribution in [-0.4, -0.2) is 16.2 Å². The van der Waals surface area contributed by atoms with Gasteiger partial charge in [0.25, 0.3) is 0 Å². The molecule has 3 unspecified atom stereocenters. The zero-order chi connectivity index (χ0) is 31.5. The van der Waals surface area contributed by atoms with Crippen LogP contribution in [0.1, 0.15) is 117 Å². The van der Waals surface area contributed by atoms with E-state index in [4.69, 9.17) is 27.2 Å². The summed E-state index contributed by atoms with van der Waals surface area (Å²) in [4.78, 5) is 14.3. The maximum atomic E-state index is 14.3. The van der Waals surface area contributed by atoms with Crippen molar-refractivity contribution in [1.82, 2.24) is 10.2 Å². The molecule has 3 N–H and O–H groups in total. The number of nitrogen functional groups attached to an aromatic ring is 1. The second-order valence-electron chi connectivity index (χ2n) is 17.4. The summed E-state index contributed by atoms with van der Waals surface area (Å²) < 4.78 is 6.20. The van der Waals surface area contributed by atoms with E-state index >= 15 is 0 Å². The first-order valence-corrected chi connectivity index (χ1v) is 17.4. The smallest absolute Gasteiger partial charge is 0.313 e. The zero-order valence-corrected chi connectivity index (χ0v) is 28.7. The number of anilines is 1. The van der Waals surface area contributed by atoms with Crippen molar-refractivity contribution in [3.05, 3.63) is 57.8 Å². The van der Waals surface area contributed by atoms with Crippen LogP contribution in [0.3, 0.4) is 0 Å². The molecule has 0 saturated heterocycles.